The molecular weight excluding hydrogens is 645 g/mol. The molecule has 50 heavy (non-hydrogen) atoms. The number of hydrogen-bond acceptors (Lipinski definition) is 3. The molecule has 2 nitrogen and oxygen atoms in total. The monoisotopic (exact) mass is 672 g/mol. The molecule has 0 radical (unpaired) electrons. The molecule has 11 rings (SSSR count). The van der Waals surface area contributed by atoms with Crippen molar-refractivity contribution in [2.45, 2.75) is 0 Å². The first kappa shape index (κ1) is 28.0. The number of nitrogens with zero attached hydrogens (tertiary/aromatic N) is 2. The van der Waals surface area contributed by atoms with Crippen LogP contribution in [0, 0.1) is 0 Å². The highest BCUT2D eigenvalue weighted by molar-refractivity contribution is 7.26. The maximum Gasteiger partial charge on any atom is 0.0562 e. The van der Waals surface area contributed by atoms with Gasteiger partial charge in [0.15, 0.2) is 0 Å². The summed E-state index contributed by atoms with van der Waals surface area (Å²) in [5.41, 5.74) is 6.99. The van der Waals surface area contributed by atoms with Crippen molar-refractivity contribution in [1.29, 1.82) is 0 Å². The van der Waals surface area contributed by atoms with E-state index in [-0.39, 0.29) is 0 Å². The number of benzene rings is 8. The molecule has 0 amide bonds. The first-order valence-electron chi connectivity index (χ1n) is 16.9. The van der Waals surface area contributed by atoms with Gasteiger partial charge in [-0.1, -0.05) is 91.0 Å². The van der Waals surface area contributed by atoms with Crippen molar-refractivity contribution >= 4 is 113 Å². The number of hydrogen-bond donors (Lipinski definition) is 0. The molecule has 0 fully saturated rings. The molecule has 0 spiro atoms. The van der Waals surface area contributed by atoms with Gasteiger partial charge in [0.1, 0.15) is 0 Å². The summed E-state index contributed by atoms with van der Waals surface area (Å²) < 4.78 is 7.69. The number of anilines is 3. The average Bonchev–Trinajstić information content (AvgIpc) is 3.85. The van der Waals surface area contributed by atoms with Crippen molar-refractivity contribution < 1.29 is 0 Å². The molecule has 234 valence electrons. The van der Waals surface area contributed by atoms with E-state index < -0.39 is 0 Å². The fraction of sp³-hybridized carbons (Fsp3) is 0. The molecule has 0 aliphatic rings. The first-order chi connectivity index (χ1) is 24.8. The van der Waals surface area contributed by atoms with Crippen molar-refractivity contribution in [2.75, 3.05) is 4.90 Å². The van der Waals surface area contributed by atoms with Gasteiger partial charge in [0.25, 0.3) is 0 Å². The molecule has 0 saturated carbocycles. The van der Waals surface area contributed by atoms with Crippen LogP contribution in [0.5, 0.6) is 0 Å². The molecule has 0 saturated heterocycles. The summed E-state index contributed by atoms with van der Waals surface area (Å²) in [5, 5.41) is 10.3. The van der Waals surface area contributed by atoms with Gasteiger partial charge in [-0.3, -0.25) is 0 Å². The lowest BCUT2D eigenvalue weighted by molar-refractivity contribution is 1.18. The number of thiophene rings is 2. The van der Waals surface area contributed by atoms with Crippen LogP contribution in [0.2, 0.25) is 0 Å². The summed E-state index contributed by atoms with van der Waals surface area (Å²) in [6, 6.07) is 62.5. The van der Waals surface area contributed by atoms with Crippen LogP contribution in [0.1, 0.15) is 0 Å². The second kappa shape index (κ2) is 10.8. The van der Waals surface area contributed by atoms with Gasteiger partial charge in [-0.15, -0.1) is 22.7 Å². The summed E-state index contributed by atoms with van der Waals surface area (Å²) in [5.74, 6) is 0. The summed E-state index contributed by atoms with van der Waals surface area (Å²) in [6.45, 7) is 0. The molecule has 0 aliphatic carbocycles. The Labute approximate surface area is 296 Å². The van der Waals surface area contributed by atoms with Gasteiger partial charge in [-0.2, -0.15) is 0 Å². The van der Waals surface area contributed by atoms with E-state index in [4.69, 9.17) is 0 Å². The molecule has 0 bridgehead atoms. The fourth-order valence-corrected chi connectivity index (χ4v) is 10.2. The van der Waals surface area contributed by atoms with Gasteiger partial charge in [-0.05, 0) is 89.6 Å². The Hall–Kier alpha value is -5.94. The van der Waals surface area contributed by atoms with Crippen molar-refractivity contribution in [3.05, 3.63) is 170 Å². The largest absolute Gasteiger partial charge is 0.310 e. The third-order valence-corrected chi connectivity index (χ3v) is 12.4. The van der Waals surface area contributed by atoms with E-state index in [1.165, 1.54) is 72.9 Å². The van der Waals surface area contributed by atoms with Crippen molar-refractivity contribution in [2.24, 2.45) is 0 Å². The quantitative estimate of drug-likeness (QED) is 0.181. The lowest BCUT2D eigenvalue weighted by atomic mass is 10.0. The number of fused-ring (bicyclic) bond motifs is 11. The van der Waals surface area contributed by atoms with Crippen LogP contribution >= 0.6 is 22.7 Å². The number of rotatable bonds is 4. The Bertz CT molecular complexity index is 3110. The van der Waals surface area contributed by atoms with Crippen LogP contribution in [0.3, 0.4) is 0 Å². The smallest absolute Gasteiger partial charge is 0.0562 e. The number of aromatic nitrogens is 1. The zero-order valence-electron chi connectivity index (χ0n) is 26.9. The van der Waals surface area contributed by atoms with Crippen LogP contribution < -0.4 is 4.90 Å². The summed E-state index contributed by atoms with van der Waals surface area (Å²) in [4.78, 5) is 2.48. The highest BCUT2D eigenvalue weighted by Gasteiger charge is 2.22. The van der Waals surface area contributed by atoms with E-state index in [2.05, 4.69) is 179 Å². The Balaban J connectivity index is 1.22. The fourth-order valence-electron chi connectivity index (χ4n) is 8.00. The highest BCUT2D eigenvalue weighted by atomic mass is 32.1. The standard InChI is InChI=1S/C46H28N2S2/c1-2-11-30(12-3-1)48-38-16-7-4-14-35(38)46-39(17-10-18-40(46)48)47(32-23-26-43-37(28-32)34-13-5-8-19-41(34)49-43)31-22-24-33-29(27-31)21-25-44-45(33)36-15-6-9-20-42(36)50-44/h1-28H. The number of para-hydroxylation sites is 2. The predicted octanol–water partition coefficient (Wildman–Crippen LogP) is 14.1. The molecule has 3 heterocycles. The van der Waals surface area contributed by atoms with E-state index in [1.807, 2.05) is 22.7 Å². The lowest BCUT2D eigenvalue weighted by Gasteiger charge is -2.27. The third-order valence-electron chi connectivity index (χ3n) is 10.1. The molecule has 11 aromatic rings. The normalized spacial score (nSPS) is 12.0. The van der Waals surface area contributed by atoms with Crippen LogP contribution in [0.4, 0.5) is 17.1 Å². The van der Waals surface area contributed by atoms with Gasteiger partial charge in [0.05, 0.1) is 16.7 Å². The minimum absolute atomic E-state index is 1.14. The Morgan fingerprint density at radius 2 is 1.02 bits per heavy atom. The molecule has 0 aliphatic heterocycles. The summed E-state index contributed by atoms with van der Waals surface area (Å²) >= 11 is 3.74. The van der Waals surface area contributed by atoms with Gasteiger partial charge < -0.3 is 9.47 Å². The minimum Gasteiger partial charge on any atom is -0.310 e. The third kappa shape index (κ3) is 4.07. The predicted molar refractivity (Wildman–Crippen MR) is 219 cm³/mol. The van der Waals surface area contributed by atoms with Gasteiger partial charge >= 0.3 is 0 Å². The topological polar surface area (TPSA) is 8.17 Å². The van der Waals surface area contributed by atoms with E-state index >= 15 is 0 Å². The van der Waals surface area contributed by atoms with Gasteiger partial charge in [0, 0.05) is 68.2 Å². The average molecular weight is 673 g/mol. The Kier molecular flexibility index (Phi) is 6.03. The van der Waals surface area contributed by atoms with Crippen LogP contribution in [0.15, 0.2) is 170 Å². The molecule has 4 heteroatoms. The van der Waals surface area contributed by atoms with Crippen LogP contribution in [-0.4, -0.2) is 4.57 Å². The van der Waals surface area contributed by atoms with E-state index in [0.717, 1.165) is 22.7 Å². The minimum atomic E-state index is 1.14. The Morgan fingerprint density at radius 3 is 1.90 bits per heavy atom. The van der Waals surface area contributed by atoms with Crippen molar-refractivity contribution in [1.82, 2.24) is 4.57 Å². The summed E-state index contributed by atoms with van der Waals surface area (Å²) in [6.07, 6.45) is 0. The van der Waals surface area contributed by atoms with Crippen molar-refractivity contribution in [3.63, 3.8) is 0 Å². The van der Waals surface area contributed by atoms with Crippen LogP contribution in [0.25, 0.3) is 78.6 Å². The molecule has 0 atom stereocenters. The van der Waals surface area contributed by atoms with Crippen LogP contribution in [-0.2, 0) is 0 Å². The zero-order valence-corrected chi connectivity index (χ0v) is 28.5. The molecule has 0 unspecified atom stereocenters. The SMILES string of the molecule is c1ccc(-n2c3ccccc3c3c(N(c4ccc5c(ccc6sc7ccccc7c65)c4)c4ccc5sc6ccccc6c5c4)cccc32)cc1. The van der Waals surface area contributed by atoms with E-state index in [1.54, 1.807) is 0 Å². The molecule has 8 aromatic carbocycles. The van der Waals surface area contributed by atoms with E-state index in [9.17, 15) is 0 Å². The van der Waals surface area contributed by atoms with E-state index in [0.29, 0.717) is 0 Å². The second-order valence-corrected chi connectivity index (χ2v) is 15.1. The molecule has 3 aromatic heterocycles. The van der Waals surface area contributed by atoms with Gasteiger partial charge in [0.2, 0.25) is 0 Å². The Morgan fingerprint density at radius 1 is 0.380 bits per heavy atom. The molecular formula is C46H28N2S2. The highest BCUT2D eigenvalue weighted by Crippen LogP contribution is 2.47. The first-order valence-corrected chi connectivity index (χ1v) is 18.6. The maximum absolute atomic E-state index is 2.48. The van der Waals surface area contributed by atoms with Crippen molar-refractivity contribution in [3.8, 4) is 5.69 Å². The van der Waals surface area contributed by atoms with Gasteiger partial charge in [-0.25, -0.2) is 0 Å². The zero-order chi connectivity index (χ0) is 32.8. The molecule has 0 N–H and O–H groups in total. The second-order valence-electron chi connectivity index (χ2n) is 12.9. The lowest BCUT2D eigenvalue weighted by Crippen LogP contribution is -2.10. The maximum atomic E-state index is 2.48. The summed E-state index contributed by atoms with van der Waals surface area (Å²) in [7, 11) is 0.